The lowest BCUT2D eigenvalue weighted by Gasteiger charge is -2.32. The molecule has 10 nitrogen and oxygen atoms in total. The highest BCUT2D eigenvalue weighted by Gasteiger charge is 2.44. The number of phenolic OH excluding ortho intramolecular Hbond substituents is 1. The average Bonchev–Trinajstić information content (AvgIpc) is 3.43. The van der Waals surface area contributed by atoms with Crippen LogP contribution in [0.2, 0.25) is 0 Å². The maximum Gasteiger partial charge on any atom is 0.262 e. The van der Waals surface area contributed by atoms with Crippen molar-refractivity contribution in [1.29, 1.82) is 0 Å². The largest absolute Gasteiger partial charge is 0.508 e. The van der Waals surface area contributed by atoms with Crippen molar-refractivity contribution >= 4 is 40.5 Å². The third-order valence-corrected chi connectivity index (χ3v) is 10.8. The second-order valence-electron chi connectivity index (χ2n) is 14.2. The molecule has 2 fully saturated rings. The van der Waals surface area contributed by atoms with Crippen molar-refractivity contribution in [3.63, 3.8) is 0 Å². The van der Waals surface area contributed by atoms with Crippen LogP contribution in [0.3, 0.4) is 0 Å². The van der Waals surface area contributed by atoms with Crippen LogP contribution in [0.1, 0.15) is 82.9 Å². The molecule has 0 saturated carbocycles. The first-order chi connectivity index (χ1) is 26.3. The number of likely N-dealkylation sites (tertiary alicyclic amines) is 1. The fraction of sp³-hybridized carbons (Fsp3) is 0.318. The van der Waals surface area contributed by atoms with Gasteiger partial charge in [-0.15, -0.1) is 0 Å². The molecule has 2 saturated heterocycles. The van der Waals surface area contributed by atoms with Crippen molar-refractivity contribution in [1.82, 2.24) is 15.1 Å². The van der Waals surface area contributed by atoms with Gasteiger partial charge in [-0.05, 0) is 121 Å². The molecule has 10 heteroatoms. The molecule has 3 aliphatic rings. The van der Waals surface area contributed by atoms with E-state index in [2.05, 4.69) is 58.9 Å². The summed E-state index contributed by atoms with van der Waals surface area (Å²) in [5.74, 6) is -0.325. The monoisotopic (exact) mass is 726 g/mol. The Hall–Kier alpha value is -5.74. The Balaban J connectivity index is 0.868. The van der Waals surface area contributed by atoms with Gasteiger partial charge in [0.25, 0.3) is 11.8 Å². The number of nitrogens with one attached hydrogen (secondary N) is 2. The molecule has 1 unspecified atom stereocenters. The van der Waals surface area contributed by atoms with Crippen LogP contribution in [-0.2, 0) is 9.59 Å². The first-order valence-corrected chi connectivity index (χ1v) is 18.9. The summed E-state index contributed by atoms with van der Waals surface area (Å²) in [5.41, 5.74) is 7.05. The van der Waals surface area contributed by atoms with Gasteiger partial charge in [0.2, 0.25) is 11.8 Å². The van der Waals surface area contributed by atoms with Crippen LogP contribution in [0, 0.1) is 5.92 Å². The van der Waals surface area contributed by atoms with Gasteiger partial charge in [-0.25, -0.2) is 0 Å². The summed E-state index contributed by atoms with van der Waals surface area (Å²) in [6, 6.07) is 30.3. The number of phenols is 1. The maximum absolute atomic E-state index is 13.2. The first kappa shape index (κ1) is 36.6. The lowest BCUT2D eigenvalue weighted by atomic mass is 9.88. The van der Waals surface area contributed by atoms with Gasteiger partial charge in [-0.3, -0.25) is 34.3 Å². The minimum atomic E-state index is -0.968. The zero-order valence-electron chi connectivity index (χ0n) is 30.6. The van der Waals surface area contributed by atoms with Gasteiger partial charge in [0.15, 0.2) is 0 Å². The van der Waals surface area contributed by atoms with E-state index in [1.54, 1.807) is 30.3 Å². The lowest BCUT2D eigenvalue weighted by molar-refractivity contribution is -0.136. The molecule has 3 N–H and O–H groups in total. The predicted molar refractivity (Wildman–Crippen MR) is 208 cm³/mol. The van der Waals surface area contributed by atoms with Gasteiger partial charge >= 0.3 is 0 Å². The summed E-state index contributed by atoms with van der Waals surface area (Å²) in [6.45, 7) is 6.41. The van der Waals surface area contributed by atoms with E-state index in [4.69, 9.17) is 4.74 Å². The van der Waals surface area contributed by atoms with Crippen molar-refractivity contribution in [2.75, 3.05) is 38.1 Å². The Labute approximate surface area is 315 Å². The Morgan fingerprint density at radius 3 is 2.19 bits per heavy atom. The molecular formula is C44H46N4O6. The summed E-state index contributed by atoms with van der Waals surface area (Å²) in [5, 5.41) is 15.6. The number of benzene rings is 4. The van der Waals surface area contributed by atoms with E-state index in [0.717, 1.165) is 84.9 Å². The Morgan fingerprint density at radius 1 is 0.815 bits per heavy atom. The number of hydrogen-bond donors (Lipinski definition) is 3. The highest BCUT2D eigenvalue weighted by Crippen LogP contribution is 2.36. The number of nitrogens with zero attached hydrogens (tertiary/aromatic N) is 2. The minimum absolute atomic E-state index is 0.0944. The summed E-state index contributed by atoms with van der Waals surface area (Å²) in [4.78, 5) is 53.5. The van der Waals surface area contributed by atoms with Crippen molar-refractivity contribution in [3.8, 4) is 11.5 Å². The van der Waals surface area contributed by atoms with Gasteiger partial charge in [-0.2, -0.15) is 0 Å². The zero-order chi connectivity index (χ0) is 37.6. The second-order valence-corrected chi connectivity index (χ2v) is 14.2. The summed E-state index contributed by atoms with van der Waals surface area (Å²) in [6.07, 6.45) is 4.29. The average molecular weight is 727 g/mol. The van der Waals surface area contributed by atoms with Gasteiger partial charge in [0.05, 0.1) is 11.1 Å². The van der Waals surface area contributed by atoms with E-state index < -0.39 is 29.7 Å². The maximum atomic E-state index is 13.2. The predicted octanol–water partition coefficient (Wildman–Crippen LogP) is 6.76. The van der Waals surface area contributed by atoms with Crippen LogP contribution < -0.4 is 15.4 Å². The molecule has 3 aliphatic heterocycles. The van der Waals surface area contributed by atoms with E-state index in [1.165, 1.54) is 11.1 Å². The number of hydrogen-bond acceptors (Lipinski definition) is 8. The Bertz CT molecular complexity index is 2040. The zero-order valence-corrected chi connectivity index (χ0v) is 30.6. The number of anilines is 1. The normalized spacial score (nSPS) is 18.3. The van der Waals surface area contributed by atoms with Crippen molar-refractivity contribution in [2.24, 2.45) is 5.92 Å². The number of fused-ring (bicyclic) bond motifs is 1. The Morgan fingerprint density at radius 2 is 1.50 bits per heavy atom. The minimum Gasteiger partial charge on any atom is -0.508 e. The number of carbonyl (C=O) groups excluding carboxylic acids is 4. The SMILES string of the molecule is CCC(=C(c1ccc(O)cc1)c1ccc(OCCN2CCC(CCNc3ccc4c(c3)C(=O)N(C3CCC(=O)NC3=O)C4=O)CC2)cc1)c1ccccc1. The fourth-order valence-electron chi connectivity index (χ4n) is 7.82. The van der Waals surface area contributed by atoms with Gasteiger partial charge in [0.1, 0.15) is 24.1 Å². The van der Waals surface area contributed by atoms with Crippen LogP contribution in [0.25, 0.3) is 11.1 Å². The van der Waals surface area contributed by atoms with E-state index in [-0.39, 0.29) is 29.7 Å². The number of allylic oxidation sites excluding steroid dienone is 1. The summed E-state index contributed by atoms with van der Waals surface area (Å²) in [7, 11) is 0. The number of carbonyl (C=O) groups is 4. The van der Waals surface area contributed by atoms with Crippen LogP contribution in [0.5, 0.6) is 11.5 Å². The van der Waals surface area contributed by atoms with E-state index >= 15 is 0 Å². The molecule has 4 aromatic carbocycles. The highest BCUT2D eigenvalue weighted by molar-refractivity contribution is 6.23. The lowest BCUT2D eigenvalue weighted by Crippen LogP contribution is -2.54. The van der Waals surface area contributed by atoms with E-state index in [9.17, 15) is 24.3 Å². The highest BCUT2D eigenvalue weighted by atomic mass is 16.5. The summed E-state index contributed by atoms with van der Waals surface area (Å²) >= 11 is 0. The molecule has 4 amide bonds. The number of ether oxygens (including phenoxy) is 1. The standard InChI is InChI=1S/C44H46N4O6/c1-2-36(30-6-4-3-5-7-30)41(31-8-13-34(49)14-9-31)32-10-15-35(16-11-32)54-27-26-47-24-21-29(22-25-47)20-23-45-33-12-17-37-38(28-33)44(53)48(43(37)52)39-18-19-40(50)46-42(39)51/h3-17,28-29,39,45,49H,2,18-27H2,1H3,(H,46,50,51). The molecule has 0 spiro atoms. The number of imide groups is 2. The number of rotatable bonds is 13. The van der Waals surface area contributed by atoms with Crippen LogP contribution in [0.4, 0.5) is 5.69 Å². The quantitative estimate of drug-likeness (QED) is 0.102. The molecule has 3 heterocycles. The number of piperidine rings is 2. The summed E-state index contributed by atoms with van der Waals surface area (Å²) < 4.78 is 6.19. The third-order valence-electron chi connectivity index (χ3n) is 10.8. The fourth-order valence-corrected chi connectivity index (χ4v) is 7.82. The molecule has 0 radical (unpaired) electrons. The van der Waals surface area contributed by atoms with Crippen molar-refractivity contribution in [2.45, 2.75) is 51.5 Å². The van der Waals surface area contributed by atoms with Gasteiger partial charge in [0, 0.05) is 25.2 Å². The van der Waals surface area contributed by atoms with E-state index in [1.807, 2.05) is 30.3 Å². The van der Waals surface area contributed by atoms with Gasteiger partial charge < -0.3 is 15.2 Å². The molecular weight excluding hydrogens is 681 g/mol. The van der Waals surface area contributed by atoms with E-state index in [0.29, 0.717) is 12.5 Å². The van der Waals surface area contributed by atoms with Crippen LogP contribution >= 0.6 is 0 Å². The molecule has 0 bridgehead atoms. The van der Waals surface area contributed by atoms with Crippen LogP contribution in [0.15, 0.2) is 97.1 Å². The number of aromatic hydroxyl groups is 1. The van der Waals surface area contributed by atoms with Crippen molar-refractivity contribution < 1.29 is 29.0 Å². The smallest absolute Gasteiger partial charge is 0.262 e. The molecule has 7 rings (SSSR count). The second kappa shape index (κ2) is 16.5. The molecule has 278 valence electrons. The Kier molecular flexibility index (Phi) is 11.2. The topological polar surface area (TPSA) is 128 Å². The number of amides is 4. The van der Waals surface area contributed by atoms with Crippen LogP contribution in [-0.4, -0.2) is 77.4 Å². The molecule has 4 aromatic rings. The molecule has 54 heavy (non-hydrogen) atoms. The first-order valence-electron chi connectivity index (χ1n) is 18.9. The van der Waals surface area contributed by atoms with Crippen molar-refractivity contribution in [3.05, 3.63) is 125 Å². The van der Waals surface area contributed by atoms with Gasteiger partial charge in [-0.1, -0.05) is 61.5 Å². The molecule has 0 aliphatic carbocycles. The molecule has 1 atom stereocenters. The molecule has 0 aromatic heterocycles. The third kappa shape index (κ3) is 8.09.